The second kappa shape index (κ2) is 27.1. The van der Waals surface area contributed by atoms with Crippen LogP contribution in [0.4, 0.5) is 33.6 Å². The predicted octanol–water partition coefficient (Wildman–Crippen LogP) is 8.35. The Morgan fingerprint density at radius 3 is 1.99 bits per heavy atom. The lowest BCUT2D eigenvalue weighted by molar-refractivity contribution is 0.282. The number of hydrogen-bond donors (Lipinski definition) is 6. The third-order valence-corrected chi connectivity index (χ3v) is 16.8. The van der Waals surface area contributed by atoms with Crippen LogP contribution in [0.3, 0.4) is 0 Å². The van der Waals surface area contributed by atoms with E-state index in [0.717, 1.165) is 41.3 Å². The average molecular weight is 1330 g/mol. The van der Waals surface area contributed by atoms with E-state index < -0.39 is 95.5 Å². The first-order valence-corrected chi connectivity index (χ1v) is 32.9. The molecule has 0 spiro atoms. The summed E-state index contributed by atoms with van der Waals surface area (Å²) in [5, 5.41) is 58.6. The molecule has 31 nitrogen and oxygen atoms in total. The minimum absolute atomic E-state index is 0.0188. The minimum Gasteiger partial charge on any atom is -0.493 e. The number of hydrogen-bond acceptors (Lipinski definition) is 28. The van der Waals surface area contributed by atoms with Crippen LogP contribution in [-0.2, 0) is 68.3 Å². The number of thiazole rings is 1. The molecule has 5 aromatic carbocycles. The summed E-state index contributed by atoms with van der Waals surface area (Å²) in [6.07, 6.45) is -0.193. The van der Waals surface area contributed by atoms with Crippen molar-refractivity contribution in [3.8, 4) is 17.7 Å². The molecule has 8 aromatic rings. The lowest BCUT2D eigenvalue weighted by atomic mass is 10.1. The van der Waals surface area contributed by atoms with Gasteiger partial charge in [0.15, 0.2) is 11.3 Å². The number of aliphatic hydroxyl groups excluding tert-OH is 1. The van der Waals surface area contributed by atoms with E-state index in [4.69, 9.17) is 41.6 Å². The van der Waals surface area contributed by atoms with Gasteiger partial charge in [0.2, 0.25) is 11.0 Å². The Balaban J connectivity index is 0.00000133. The Labute approximate surface area is 490 Å². The van der Waals surface area contributed by atoms with Gasteiger partial charge in [0.1, 0.15) is 39.0 Å². The number of aromatic nitrogens is 3. The van der Waals surface area contributed by atoms with Crippen molar-refractivity contribution in [3.63, 3.8) is 0 Å². The number of rotatable bonds is 19. The monoisotopic (exact) mass is 1330 g/mol. The number of benzene rings is 5. The van der Waals surface area contributed by atoms with Gasteiger partial charge in [0, 0.05) is 27.5 Å². The van der Waals surface area contributed by atoms with Gasteiger partial charge in [0.05, 0.1) is 61.9 Å². The third kappa shape index (κ3) is 16.9. The van der Waals surface area contributed by atoms with Gasteiger partial charge in [-0.05, 0) is 91.9 Å². The highest BCUT2D eigenvalue weighted by Crippen LogP contribution is 2.44. The van der Waals surface area contributed by atoms with Gasteiger partial charge in [-0.1, -0.05) is 35.1 Å². The Kier molecular flexibility index (Phi) is 21.2. The number of azo groups is 3. The molecular formula is C44H37ClN10O21S8. The summed E-state index contributed by atoms with van der Waals surface area (Å²) in [5.41, 5.74) is 1.59. The molecule has 0 fully saturated rings. The number of fused-ring (bicyclic) bond motifs is 6. The summed E-state index contributed by atoms with van der Waals surface area (Å²) in [7, 11) is -24.5. The summed E-state index contributed by atoms with van der Waals surface area (Å²) in [6.45, 7) is 2.24. The van der Waals surface area contributed by atoms with Crippen LogP contribution < -0.4 is 4.74 Å². The second-order valence-electron chi connectivity index (χ2n) is 16.7. The second-order valence-corrected chi connectivity index (χ2v) is 26.0. The highest BCUT2D eigenvalue weighted by atomic mass is 35.5. The maximum Gasteiger partial charge on any atom is 0.425 e. The normalized spacial score (nSPS) is 12.3. The van der Waals surface area contributed by atoms with Crippen molar-refractivity contribution in [2.75, 3.05) is 23.9 Å². The topological polar surface area (TPSA) is 498 Å². The predicted molar refractivity (Wildman–Crippen MR) is 299 cm³/mol. The Morgan fingerprint density at radius 2 is 1.37 bits per heavy atom. The molecule has 0 saturated heterocycles. The molecule has 40 heteroatoms. The first kappa shape index (κ1) is 65.7. The zero-order valence-corrected chi connectivity index (χ0v) is 49.5. The van der Waals surface area contributed by atoms with Crippen LogP contribution >= 0.6 is 34.7 Å². The van der Waals surface area contributed by atoms with Crippen LogP contribution in [0.2, 0.25) is 5.02 Å². The number of halogens is 1. The third-order valence-electron chi connectivity index (χ3n) is 11.1. The van der Waals surface area contributed by atoms with Crippen LogP contribution in [0.25, 0.3) is 37.7 Å². The van der Waals surface area contributed by atoms with Crippen molar-refractivity contribution in [1.29, 1.82) is 5.26 Å². The number of imidazole rings is 1. The molecule has 3 aromatic heterocycles. The van der Waals surface area contributed by atoms with Crippen molar-refractivity contribution in [3.05, 3.63) is 94.0 Å². The van der Waals surface area contributed by atoms with Gasteiger partial charge >= 0.3 is 21.2 Å². The molecule has 8 rings (SSSR count). The van der Waals surface area contributed by atoms with Crippen LogP contribution in [0.15, 0.2) is 112 Å². The first-order valence-electron chi connectivity index (χ1n) is 22.6. The standard InChI is InChI=1S/C44H37ClN10O15S6.2O3S/c1-22-14-32(51-53-38-23(2)28(20-46)42-47-39-29(45)6-3-7-34(39)55(42)43(38)57)35(70-10-4-12-73(58,59)60)18-30(22)49-52-33-15-25(21-56)31(19-36(33)71-11-5-13-74(61,62)63)50-54-44-48-40-37(76(67,68)69)16-24-8-9-26(75(64,65)66)17-27(24)41(40)72-44;2*1-4(2)3/h3,6-9,14-19,56-57H,4-5,10-13,21H2,1-2H3,(H,58,59,60)(H,61,62,63)(H,64,65,66)(H,67,68,69);;. The molecule has 0 amide bonds. The molecule has 0 radical (unpaired) electrons. The average Bonchev–Trinajstić information content (AvgIpc) is 2.67. The molecule has 0 bridgehead atoms. The summed E-state index contributed by atoms with van der Waals surface area (Å²) in [4.78, 5) is 7.88. The van der Waals surface area contributed by atoms with Crippen molar-refractivity contribution in [2.45, 2.75) is 48.0 Å². The van der Waals surface area contributed by atoms with Gasteiger partial charge in [0.25, 0.3) is 40.5 Å². The smallest absolute Gasteiger partial charge is 0.425 e. The lowest BCUT2D eigenvalue weighted by Crippen LogP contribution is -2.08. The quantitative estimate of drug-likeness (QED) is 0.0191. The molecule has 0 aliphatic carbocycles. The largest absolute Gasteiger partial charge is 0.493 e. The van der Waals surface area contributed by atoms with Crippen molar-refractivity contribution in [2.24, 2.45) is 30.7 Å². The number of aryl methyl sites for hydroxylation is 1. The van der Waals surface area contributed by atoms with Crippen LogP contribution in [0.5, 0.6) is 11.6 Å². The lowest BCUT2D eigenvalue weighted by Gasteiger charge is -2.12. The minimum atomic E-state index is -4.90. The maximum atomic E-state index is 12.5. The maximum absolute atomic E-state index is 12.5. The zero-order chi connectivity index (χ0) is 62.2. The highest BCUT2D eigenvalue weighted by molar-refractivity contribution is 7.99. The molecule has 84 heavy (non-hydrogen) atoms. The van der Waals surface area contributed by atoms with E-state index in [1.165, 1.54) is 41.7 Å². The van der Waals surface area contributed by atoms with Crippen LogP contribution in [0.1, 0.15) is 35.1 Å². The Morgan fingerprint density at radius 1 is 0.738 bits per heavy atom. The van der Waals surface area contributed by atoms with E-state index >= 15 is 0 Å². The summed E-state index contributed by atoms with van der Waals surface area (Å²) in [6, 6.07) is 17.1. The number of thioether (sulfide) groups is 1. The molecule has 3 heterocycles. The van der Waals surface area contributed by atoms with Crippen molar-refractivity contribution in [1.82, 2.24) is 14.4 Å². The summed E-state index contributed by atoms with van der Waals surface area (Å²) >= 11 is 8.21. The Hall–Kier alpha value is -7.43. The first-order chi connectivity index (χ1) is 39.2. The molecule has 0 saturated carbocycles. The number of aromatic hydroxyl groups is 1. The number of nitriles is 1. The van der Waals surface area contributed by atoms with E-state index in [1.807, 2.05) is 0 Å². The number of nitrogens with zero attached hydrogens (tertiary/aromatic N) is 10. The zero-order valence-electron chi connectivity index (χ0n) is 42.2. The summed E-state index contributed by atoms with van der Waals surface area (Å²) in [5.74, 6) is -1.57. The van der Waals surface area contributed by atoms with E-state index in [1.54, 1.807) is 25.1 Å². The molecule has 0 aliphatic heterocycles. The van der Waals surface area contributed by atoms with Crippen molar-refractivity contribution >= 4 is 168 Å². The van der Waals surface area contributed by atoms with Gasteiger partial charge in [-0.2, -0.15) is 44.0 Å². The van der Waals surface area contributed by atoms with Crippen molar-refractivity contribution < 1.29 is 92.1 Å². The number of aliphatic hydroxyl groups is 1. The fourth-order valence-corrected chi connectivity index (χ4v) is 12.0. The molecule has 0 unspecified atom stereocenters. The highest BCUT2D eigenvalue weighted by Gasteiger charge is 2.25. The van der Waals surface area contributed by atoms with Crippen LogP contribution in [-0.4, -0.2) is 126 Å². The van der Waals surface area contributed by atoms with Gasteiger partial charge in [-0.3, -0.25) is 22.6 Å². The fraction of sp³-hybridized carbons (Fsp3) is 0.205. The molecule has 0 aliphatic rings. The summed E-state index contributed by atoms with van der Waals surface area (Å²) < 4.78 is 191. The van der Waals surface area contributed by atoms with E-state index in [-0.39, 0.29) is 113 Å². The Bertz CT molecular complexity index is 4790. The SMILES string of the molecule is Cc1cc(N=Nc2c(C)c(C#N)c3nc4c(Cl)cccc4n3c2O)c(OCCCS(=O)(=O)O)cc1N=Nc1cc(CO)c(N=Nc2nc3c(S(=O)(=O)O)cc4ccc(S(=O)(=O)O)cc4c3s2)cc1SCCCS(=O)(=O)O.O=S(=O)=O.O=S(=O)=O. The van der Waals surface area contributed by atoms with E-state index in [2.05, 4.69) is 46.7 Å². The van der Waals surface area contributed by atoms with Gasteiger partial charge in [-0.25, -0.2) is 9.97 Å². The number of ether oxygens (including phenoxy) is 1. The number of pyridine rings is 1. The van der Waals surface area contributed by atoms with Crippen LogP contribution in [0, 0.1) is 25.2 Å². The van der Waals surface area contributed by atoms with E-state index in [9.17, 15) is 67.4 Å². The number of para-hydroxylation sites is 1. The molecule has 6 N–H and O–H groups in total. The molecule has 0 atom stereocenters. The van der Waals surface area contributed by atoms with Gasteiger partial charge in [-0.15, -0.1) is 62.6 Å². The fourth-order valence-electron chi connectivity index (χ4n) is 7.52. The molecule has 444 valence electrons. The van der Waals surface area contributed by atoms with Gasteiger partial charge < -0.3 is 14.9 Å². The van der Waals surface area contributed by atoms with E-state index in [0.29, 0.717) is 21.5 Å². The molecular weight excluding hydrogens is 1300 g/mol.